The van der Waals surface area contributed by atoms with Crippen molar-refractivity contribution in [2.75, 3.05) is 49.6 Å². The van der Waals surface area contributed by atoms with Crippen LogP contribution in [0.2, 0.25) is 0 Å². The number of ether oxygens (including phenoxy) is 1. The first-order chi connectivity index (χ1) is 18.6. The fourth-order valence-electron chi connectivity index (χ4n) is 4.99. The van der Waals surface area contributed by atoms with Gasteiger partial charge < -0.3 is 25.7 Å². The number of anilines is 2. The Morgan fingerprint density at radius 1 is 1.11 bits per heavy atom. The van der Waals surface area contributed by atoms with Gasteiger partial charge in [-0.2, -0.15) is 0 Å². The van der Waals surface area contributed by atoms with Crippen LogP contribution in [0.4, 0.5) is 11.6 Å². The summed E-state index contributed by atoms with van der Waals surface area (Å²) in [5, 5.41) is 3.71. The van der Waals surface area contributed by atoms with Crippen LogP contribution in [0.3, 0.4) is 0 Å². The number of rotatable bonds is 6. The van der Waals surface area contributed by atoms with E-state index >= 15 is 0 Å². The summed E-state index contributed by atoms with van der Waals surface area (Å²) in [5.41, 5.74) is 9.60. The number of morpholine rings is 1. The van der Waals surface area contributed by atoms with E-state index in [1.165, 1.54) is 6.20 Å². The molecule has 0 saturated carbocycles. The molecule has 4 aromatic rings. The Morgan fingerprint density at radius 3 is 2.82 bits per heavy atom. The highest BCUT2D eigenvalue weighted by molar-refractivity contribution is 6.02. The monoisotopic (exact) mass is 514 g/mol. The number of nitrogens with one attached hydrogen (secondary N) is 2. The van der Waals surface area contributed by atoms with E-state index in [2.05, 4.69) is 45.0 Å². The third kappa shape index (κ3) is 5.32. The van der Waals surface area contributed by atoms with Gasteiger partial charge in [-0.15, -0.1) is 0 Å². The minimum Gasteiger partial charge on any atom is -0.378 e. The molecule has 0 spiro atoms. The van der Waals surface area contributed by atoms with Gasteiger partial charge in [-0.05, 0) is 43.1 Å². The second-order valence-electron chi connectivity index (χ2n) is 9.67. The van der Waals surface area contributed by atoms with Gasteiger partial charge in [-0.3, -0.25) is 14.7 Å². The summed E-state index contributed by atoms with van der Waals surface area (Å²) in [6.07, 6.45) is 8.52. The molecule has 2 saturated heterocycles. The summed E-state index contributed by atoms with van der Waals surface area (Å²) in [4.78, 5) is 42.7. The lowest BCUT2D eigenvalue weighted by atomic mass is 10.1. The lowest BCUT2D eigenvalue weighted by Crippen LogP contribution is -2.42. The Balaban J connectivity index is 1.14. The predicted octanol–water partition coefficient (Wildman–Crippen LogP) is 1.82. The third-order valence-electron chi connectivity index (χ3n) is 6.89. The van der Waals surface area contributed by atoms with Gasteiger partial charge in [0.15, 0.2) is 5.82 Å². The summed E-state index contributed by atoms with van der Waals surface area (Å²) in [6.45, 7) is 5.53. The normalized spacial score (nSPS) is 18.6. The lowest BCUT2D eigenvalue weighted by molar-refractivity contribution is 0.102. The predicted molar refractivity (Wildman–Crippen MR) is 143 cm³/mol. The molecule has 1 atom stereocenters. The highest BCUT2D eigenvalue weighted by atomic mass is 16.5. The van der Waals surface area contributed by atoms with Gasteiger partial charge in [0.25, 0.3) is 5.91 Å². The van der Waals surface area contributed by atoms with Crippen LogP contribution < -0.4 is 16.0 Å². The molecule has 196 valence electrons. The third-order valence-corrected chi connectivity index (χ3v) is 6.89. The molecule has 2 fully saturated rings. The van der Waals surface area contributed by atoms with Crippen molar-refractivity contribution in [2.45, 2.75) is 25.4 Å². The molecule has 0 bridgehead atoms. The maximum atomic E-state index is 12.9. The van der Waals surface area contributed by atoms with Gasteiger partial charge in [0.05, 0.1) is 36.7 Å². The second kappa shape index (κ2) is 10.8. The van der Waals surface area contributed by atoms with Crippen molar-refractivity contribution in [1.82, 2.24) is 34.8 Å². The van der Waals surface area contributed by atoms with E-state index in [1.54, 1.807) is 18.7 Å². The Hall–Kier alpha value is -4.00. The molecule has 6 heterocycles. The number of pyridine rings is 1. The Morgan fingerprint density at radius 2 is 2.00 bits per heavy atom. The van der Waals surface area contributed by atoms with Crippen LogP contribution in [0, 0.1) is 0 Å². The summed E-state index contributed by atoms with van der Waals surface area (Å²) < 4.78 is 5.46. The number of amides is 1. The largest absolute Gasteiger partial charge is 0.378 e. The van der Waals surface area contributed by atoms with Gasteiger partial charge >= 0.3 is 0 Å². The van der Waals surface area contributed by atoms with Crippen molar-refractivity contribution in [3.8, 4) is 11.4 Å². The molecule has 12 heteroatoms. The van der Waals surface area contributed by atoms with Gasteiger partial charge in [-0.1, -0.05) is 0 Å². The highest BCUT2D eigenvalue weighted by Gasteiger charge is 2.19. The van der Waals surface area contributed by atoms with Crippen LogP contribution in [0.1, 0.15) is 28.9 Å². The number of hydrogen-bond acceptors (Lipinski definition) is 10. The maximum Gasteiger partial charge on any atom is 0.275 e. The van der Waals surface area contributed by atoms with E-state index in [4.69, 9.17) is 10.5 Å². The molecule has 1 amide bonds. The SMILES string of the molecule is N[C@@H]1CCCN(Cc2ccnc(C(=O)Nc3cnc(-c4cc5c(N6CCOCC6)ncnc5[nH]4)cn3)c2)C1. The van der Waals surface area contributed by atoms with Crippen LogP contribution in [0.15, 0.2) is 43.1 Å². The van der Waals surface area contributed by atoms with Crippen molar-refractivity contribution in [2.24, 2.45) is 5.73 Å². The number of carbonyl (C=O) groups excluding carboxylic acids is 1. The van der Waals surface area contributed by atoms with Crippen molar-refractivity contribution < 1.29 is 9.53 Å². The summed E-state index contributed by atoms with van der Waals surface area (Å²) in [6, 6.07) is 5.93. The first-order valence-corrected chi connectivity index (χ1v) is 12.9. The van der Waals surface area contributed by atoms with Crippen molar-refractivity contribution >= 4 is 28.6 Å². The molecule has 0 aliphatic carbocycles. The summed E-state index contributed by atoms with van der Waals surface area (Å²) >= 11 is 0. The van der Waals surface area contributed by atoms with E-state index < -0.39 is 0 Å². The van der Waals surface area contributed by atoms with Gasteiger partial charge in [0.1, 0.15) is 29.2 Å². The average Bonchev–Trinajstić information content (AvgIpc) is 3.39. The molecular weight excluding hydrogens is 484 g/mol. The van der Waals surface area contributed by atoms with E-state index in [0.717, 1.165) is 73.7 Å². The number of nitrogens with zero attached hydrogens (tertiary/aromatic N) is 7. The molecule has 4 aromatic heterocycles. The molecular formula is C26H30N10O2. The minimum absolute atomic E-state index is 0.207. The summed E-state index contributed by atoms with van der Waals surface area (Å²) in [7, 11) is 0. The molecule has 0 unspecified atom stereocenters. The zero-order valence-corrected chi connectivity index (χ0v) is 21.0. The Bertz CT molecular complexity index is 1420. The van der Waals surface area contributed by atoms with Crippen molar-refractivity contribution in [3.05, 3.63) is 54.4 Å². The zero-order valence-electron chi connectivity index (χ0n) is 21.0. The number of aromatic amines is 1. The highest BCUT2D eigenvalue weighted by Crippen LogP contribution is 2.28. The first-order valence-electron chi connectivity index (χ1n) is 12.9. The number of likely N-dealkylation sites (tertiary alicyclic amines) is 1. The fraction of sp³-hybridized carbons (Fsp3) is 0.385. The van der Waals surface area contributed by atoms with Crippen LogP contribution >= 0.6 is 0 Å². The van der Waals surface area contributed by atoms with Gasteiger partial charge in [-0.25, -0.2) is 19.9 Å². The number of hydrogen-bond donors (Lipinski definition) is 3. The van der Waals surface area contributed by atoms with Crippen molar-refractivity contribution in [3.63, 3.8) is 0 Å². The molecule has 6 rings (SSSR count). The quantitative estimate of drug-likeness (QED) is 0.347. The van der Waals surface area contributed by atoms with Crippen LogP contribution in [-0.4, -0.2) is 86.1 Å². The van der Waals surface area contributed by atoms with E-state index in [1.807, 2.05) is 18.2 Å². The zero-order chi connectivity index (χ0) is 25.9. The number of aromatic nitrogens is 6. The topological polar surface area (TPSA) is 151 Å². The number of carbonyl (C=O) groups is 1. The standard InChI is InChI=1S/C26H30N10O2/c27-18-2-1-5-35(15-18)14-17-3-4-28-21(10-17)26(37)34-23-13-29-22(12-30-23)20-11-19-24(33-20)31-16-32-25(19)36-6-8-38-9-7-36/h3-4,10-13,16,18H,1-2,5-9,14-15,27H2,(H,30,34,37)(H,31,32,33)/t18-/m1/s1. The summed E-state index contributed by atoms with van der Waals surface area (Å²) in [5.74, 6) is 0.883. The molecule has 12 nitrogen and oxygen atoms in total. The molecule has 4 N–H and O–H groups in total. The smallest absolute Gasteiger partial charge is 0.275 e. The number of H-pyrrole nitrogens is 1. The number of fused-ring (bicyclic) bond motifs is 1. The van der Waals surface area contributed by atoms with Gasteiger partial charge in [0, 0.05) is 38.4 Å². The fourth-order valence-corrected chi connectivity index (χ4v) is 4.99. The maximum absolute atomic E-state index is 12.9. The minimum atomic E-state index is -0.333. The Kier molecular flexibility index (Phi) is 6.90. The molecule has 38 heavy (non-hydrogen) atoms. The van der Waals surface area contributed by atoms with Gasteiger partial charge in [0.2, 0.25) is 0 Å². The van der Waals surface area contributed by atoms with E-state index in [0.29, 0.717) is 30.4 Å². The number of piperidine rings is 1. The van der Waals surface area contributed by atoms with Crippen LogP contribution in [0.25, 0.3) is 22.4 Å². The van der Waals surface area contributed by atoms with E-state index in [-0.39, 0.29) is 11.9 Å². The Labute approximate surface area is 219 Å². The average molecular weight is 515 g/mol. The second-order valence-corrected chi connectivity index (χ2v) is 9.67. The molecule has 0 aromatic carbocycles. The number of nitrogens with two attached hydrogens (primary N) is 1. The molecule has 2 aliphatic rings. The first kappa shape index (κ1) is 24.3. The van der Waals surface area contributed by atoms with Crippen molar-refractivity contribution in [1.29, 1.82) is 0 Å². The van der Waals surface area contributed by atoms with Crippen LogP contribution in [0.5, 0.6) is 0 Å². The molecule has 0 radical (unpaired) electrons. The van der Waals surface area contributed by atoms with Crippen LogP contribution in [-0.2, 0) is 11.3 Å². The lowest BCUT2D eigenvalue weighted by Gasteiger charge is -2.30. The van der Waals surface area contributed by atoms with E-state index in [9.17, 15) is 4.79 Å². The molecule has 2 aliphatic heterocycles.